The third-order valence-corrected chi connectivity index (χ3v) is 3.07. The van der Waals surface area contributed by atoms with Gasteiger partial charge in [-0.05, 0) is 37.3 Å². The fraction of sp³-hybridized carbons (Fsp3) is 0.562. The summed E-state index contributed by atoms with van der Waals surface area (Å²) in [5, 5.41) is 0. The van der Waals surface area contributed by atoms with Gasteiger partial charge in [-0.3, -0.25) is 4.79 Å². The lowest BCUT2D eigenvalue weighted by Crippen LogP contribution is -2.09. The van der Waals surface area contributed by atoms with E-state index in [2.05, 4.69) is 19.9 Å². The minimum Gasteiger partial charge on any atom is -0.382 e. The molecule has 1 aromatic rings. The second-order valence-electron chi connectivity index (χ2n) is 5.31. The van der Waals surface area contributed by atoms with E-state index in [9.17, 15) is 4.79 Å². The molecule has 0 aliphatic rings. The molecule has 0 heterocycles. The van der Waals surface area contributed by atoms with Crippen LogP contribution < -0.4 is 0 Å². The first-order valence-electron chi connectivity index (χ1n) is 6.68. The summed E-state index contributed by atoms with van der Waals surface area (Å²) >= 11 is 0. The number of hydrogen-bond donors (Lipinski definition) is 0. The van der Waals surface area contributed by atoms with Crippen LogP contribution in [0.5, 0.6) is 0 Å². The summed E-state index contributed by atoms with van der Waals surface area (Å²) in [6.07, 6.45) is 2.51. The second-order valence-corrected chi connectivity index (χ2v) is 5.31. The van der Waals surface area contributed by atoms with Crippen LogP contribution in [0.25, 0.3) is 0 Å². The van der Waals surface area contributed by atoms with Gasteiger partial charge in [0.1, 0.15) is 0 Å². The minimum atomic E-state index is 0.146. The number of ether oxygens (including phenoxy) is 1. The number of rotatable bonds is 7. The van der Waals surface area contributed by atoms with Crippen molar-refractivity contribution in [2.24, 2.45) is 5.92 Å². The topological polar surface area (TPSA) is 26.3 Å². The van der Waals surface area contributed by atoms with E-state index in [-0.39, 0.29) is 11.9 Å². The van der Waals surface area contributed by atoms with E-state index in [0.29, 0.717) is 12.3 Å². The first-order valence-corrected chi connectivity index (χ1v) is 6.68. The lowest BCUT2D eigenvalue weighted by Gasteiger charge is -2.09. The van der Waals surface area contributed by atoms with Gasteiger partial charge in [0.25, 0.3) is 0 Å². The van der Waals surface area contributed by atoms with E-state index < -0.39 is 0 Å². The van der Waals surface area contributed by atoms with Gasteiger partial charge >= 0.3 is 0 Å². The van der Waals surface area contributed by atoms with Crippen molar-refractivity contribution in [2.75, 3.05) is 7.11 Å². The van der Waals surface area contributed by atoms with Crippen LogP contribution in [0.4, 0.5) is 0 Å². The Morgan fingerprint density at radius 1 is 1.28 bits per heavy atom. The molecular formula is C16H24O2. The standard InChI is InChI=1S/C16H24O2/c1-12(2)10-14-6-5-7-15(11-14)16(17)9-8-13(3)18-4/h5-7,11-13H,8-10H2,1-4H3. The lowest BCUT2D eigenvalue weighted by atomic mass is 9.98. The van der Waals surface area contributed by atoms with Gasteiger partial charge in [0.15, 0.2) is 5.78 Å². The maximum atomic E-state index is 12.0. The molecule has 1 rings (SSSR count). The molecule has 0 spiro atoms. The average Bonchev–Trinajstić information content (AvgIpc) is 2.35. The molecule has 2 heteroatoms. The smallest absolute Gasteiger partial charge is 0.162 e. The lowest BCUT2D eigenvalue weighted by molar-refractivity contribution is 0.0877. The highest BCUT2D eigenvalue weighted by Crippen LogP contribution is 2.13. The Morgan fingerprint density at radius 2 is 2.00 bits per heavy atom. The molecule has 0 N–H and O–H groups in total. The van der Waals surface area contributed by atoms with Gasteiger partial charge < -0.3 is 4.74 Å². The van der Waals surface area contributed by atoms with E-state index in [4.69, 9.17) is 4.74 Å². The molecule has 0 amide bonds. The molecule has 0 radical (unpaired) electrons. The third kappa shape index (κ3) is 5.01. The fourth-order valence-electron chi connectivity index (χ4n) is 1.94. The quantitative estimate of drug-likeness (QED) is 0.684. The first kappa shape index (κ1) is 14.9. The fourth-order valence-corrected chi connectivity index (χ4v) is 1.94. The van der Waals surface area contributed by atoms with Crippen molar-refractivity contribution in [3.63, 3.8) is 0 Å². The largest absolute Gasteiger partial charge is 0.382 e. The summed E-state index contributed by atoms with van der Waals surface area (Å²) in [7, 11) is 1.68. The number of carbonyl (C=O) groups excluding carboxylic acids is 1. The Hall–Kier alpha value is -1.15. The summed E-state index contributed by atoms with van der Waals surface area (Å²) < 4.78 is 5.16. The van der Waals surface area contributed by atoms with E-state index >= 15 is 0 Å². The van der Waals surface area contributed by atoms with Gasteiger partial charge in [0, 0.05) is 19.1 Å². The zero-order valence-electron chi connectivity index (χ0n) is 11.9. The molecule has 0 bridgehead atoms. The van der Waals surface area contributed by atoms with E-state index in [1.807, 2.05) is 25.1 Å². The van der Waals surface area contributed by atoms with Crippen molar-refractivity contribution in [1.82, 2.24) is 0 Å². The summed E-state index contributed by atoms with van der Waals surface area (Å²) in [5.74, 6) is 0.827. The predicted molar refractivity (Wildman–Crippen MR) is 75.0 cm³/mol. The number of hydrogen-bond acceptors (Lipinski definition) is 2. The molecule has 0 fully saturated rings. The number of ketones is 1. The normalized spacial score (nSPS) is 12.7. The van der Waals surface area contributed by atoms with Crippen LogP contribution in [0.3, 0.4) is 0 Å². The van der Waals surface area contributed by atoms with Crippen LogP contribution in [0.15, 0.2) is 24.3 Å². The molecule has 1 unspecified atom stereocenters. The highest BCUT2D eigenvalue weighted by molar-refractivity contribution is 5.96. The molecule has 1 aromatic carbocycles. The monoisotopic (exact) mass is 248 g/mol. The van der Waals surface area contributed by atoms with Gasteiger partial charge in [-0.1, -0.05) is 32.0 Å². The van der Waals surface area contributed by atoms with Crippen molar-refractivity contribution in [1.29, 1.82) is 0 Å². The summed E-state index contributed by atoms with van der Waals surface area (Å²) in [4.78, 5) is 12.0. The highest BCUT2D eigenvalue weighted by Gasteiger charge is 2.09. The van der Waals surface area contributed by atoms with Crippen molar-refractivity contribution in [3.8, 4) is 0 Å². The van der Waals surface area contributed by atoms with Crippen molar-refractivity contribution in [3.05, 3.63) is 35.4 Å². The molecule has 0 aliphatic carbocycles. The molecule has 0 saturated carbocycles. The number of Topliss-reactive ketones (excluding diaryl/α,β-unsaturated/α-hetero) is 1. The third-order valence-electron chi connectivity index (χ3n) is 3.07. The second kappa shape index (κ2) is 7.32. The van der Waals surface area contributed by atoms with Crippen molar-refractivity contribution >= 4 is 5.78 Å². The predicted octanol–water partition coefficient (Wildman–Crippen LogP) is 3.88. The molecule has 0 aromatic heterocycles. The first-order chi connectivity index (χ1) is 8.52. The summed E-state index contributed by atoms with van der Waals surface area (Å²) in [6, 6.07) is 8.00. The van der Waals surface area contributed by atoms with Gasteiger partial charge in [0.05, 0.1) is 6.10 Å². The van der Waals surface area contributed by atoms with Crippen LogP contribution in [-0.2, 0) is 11.2 Å². The van der Waals surface area contributed by atoms with Gasteiger partial charge in [-0.2, -0.15) is 0 Å². The Balaban J connectivity index is 2.62. The maximum absolute atomic E-state index is 12.0. The van der Waals surface area contributed by atoms with E-state index in [0.717, 1.165) is 18.4 Å². The van der Waals surface area contributed by atoms with Crippen LogP contribution in [-0.4, -0.2) is 19.0 Å². The number of carbonyl (C=O) groups is 1. The van der Waals surface area contributed by atoms with Gasteiger partial charge in [-0.15, -0.1) is 0 Å². The molecule has 18 heavy (non-hydrogen) atoms. The van der Waals surface area contributed by atoms with Gasteiger partial charge in [0.2, 0.25) is 0 Å². The average molecular weight is 248 g/mol. The van der Waals surface area contributed by atoms with Crippen molar-refractivity contribution in [2.45, 2.75) is 46.1 Å². The summed E-state index contributed by atoms with van der Waals surface area (Å²) in [5.41, 5.74) is 2.08. The van der Waals surface area contributed by atoms with Crippen molar-refractivity contribution < 1.29 is 9.53 Å². The maximum Gasteiger partial charge on any atom is 0.162 e. The Labute approximate surface area is 110 Å². The molecular weight excluding hydrogens is 224 g/mol. The summed E-state index contributed by atoms with van der Waals surface area (Å²) in [6.45, 7) is 6.37. The zero-order valence-corrected chi connectivity index (χ0v) is 11.9. The van der Waals surface area contributed by atoms with Crippen LogP contribution in [0.2, 0.25) is 0 Å². The molecule has 2 nitrogen and oxygen atoms in total. The molecule has 0 aliphatic heterocycles. The molecule has 100 valence electrons. The van der Waals surface area contributed by atoms with Crippen LogP contribution >= 0.6 is 0 Å². The Morgan fingerprint density at radius 3 is 2.61 bits per heavy atom. The number of methoxy groups -OCH3 is 1. The highest BCUT2D eigenvalue weighted by atomic mass is 16.5. The zero-order chi connectivity index (χ0) is 13.5. The molecule has 0 saturated heterocycles. The Kier molecular flexibility index (Phi) is 6.06. The minimum absolute atomic E-state index is 0.146. The SMILES string of the molecule is COC(C)CCC(=O)c1cccc(CC(C)C)c1. The van der Waals surface area contributed by atoms with E-state index in [1.54, 1.807) is 7.11 Å². The van der Waals surface area contributed by atoms with Crippen LogP contribution in [0.1, 0.15) is 49.5 Å². The van der Waals surface area contributed by atoms with E-state index in [1.165, 1.54) is 5.56 Å². The molecule has 1 atom stereocenters. The number of benzene rings is 1. The Bertz CT molecular complexity index is 382. The van der Waals surface area contributed by atoms with Gasteiger partial charge in [-0.25, -0.2) is 0 Å². The van der Waals surface area contributed by atoms with Crippen LogP contribution in [0, 0.1) is 5.92 Å².